The van der Waals surface area contributed by atoms with Gasteiger partial charge in [0.15, 0.2) is 5.65 Å². The number of tetrazole rings is 1. The van der Waals surface area contributed by atoms with Gasteiger partial charge < -0.3 is 5.32 Å². The zero-order valence-corrected chi connectivity index (χ0v) is 10.8. The molecule has 0 bridgehead atoms. The van der Waals surface area contributed by atoms with E-state index < -0.39 is 0 Å². The molecular weight excluding hydrogens is 240 g/mol. The van der Waals surface area contributed by atoms with Gasteiger partial charge in [0, 0.05) is 0 Å². The smallest absolute Gasteiger partial charge is 0.200 e. The largest absolute Gasteiger partial charge is 0.362 e. The van der Waals surface area contributed by atoms with Gasteiger partial charge in [-0.1, -0.05) is 24.3 Å². The maximum atomic E-state index is 4.30. The number of hydrogen-bond acceptors (Lipinski definition) is 5. The SMILES string of the molecule is Cc1ccccc1C(C)Nc1ccc2nnnn2n1. The summed E-state index contributed by atoms with van der Waals surface area (Å²) in [6.07, 6.45) is 0. The van der Waals surface area contributed by atoms with E-state index in [-0.39, 0.29) is 6.04 Å². The van der Waals surface area contributed by atoms with Crippen molar-refractivity contribution in [1.82, 2.24) is 25.3 Å². The summed E-state index contributed by atoms with van der Waals surface area (Å²) in [4.78, 5) is 0. The Morgan fingerprint density at radius 2 is 2.00 bits per heavy atom. The number of aromatic nitrogens is 5. The molecule has 2 heterocycles. The molecule has 0 spiro atoms. The van der Waals surface area contributed by atoms with Gasteiger partial charge in [0.05, 0.1) is 6.04 Å². The second kappa shape index (κ2) is 4.64. The van der Waals surface area contributed by atoms with Gasteiger partial charge in [0.1, 0.15) is 5.82 Å². The lowest BCUT2D eigenvalue weighted by molar-refractivity contribution is 0.727. The van der Waals surface area contributed by atoms with Crippen molar-refractivity contribution in [2.75, 3.05) is 5.32 Å². The highest BCUT2D eigenvalue weighted by Gasteiger charge is 2.09. The Morgan fingerprint density at radius 1 is 1.16 bits per heavy atom. The van der Waals surface area contributed by atoms with Crippen LogP contribution in [-0.2, 0) is 0 Å². The van der Waals surface area contributed by atoms with Crippen LogP contribution >= 0.6 is 0 Å². The third-order valence-corrected chi connectivity index (χ3v) is 3.09. The van der Waals surface area contributed by atoms with Crippen LogP contribution in [0, 0.1) is 6.92 Å². The first-order chi connectivity index (χ1) is 9.24. The minimum atomic E-state index is 0.169. The van der Waals surface area contributed by atoms with Crippen molar-refractivity contribution in [3.63, 3.8) is 0 Å². The van der Waals surface area contributed by atoms with Crippen molar-refractivity contribution in [3.8, 4) is 0 Å². The molecule has 1 unspecified atom stereocenters. The Hall–Kier alpha value is -2.50. The average Bonchev–Trinajstić information content (AvgIpc) is 2.86. The molecule has 0 radical (unpaired) electrons. The van der Waals surface area contributed by atoms with Crippen molar-refractivity contribution in [3.05, 3.63) is 47.5 Å². The van der Waals surface area contributed by atoms with Crippen molar-refractivity contribution in [2.45, 2.75) is 19.9 Å². The second-order valence-electron chi connectivity index (χ2n) is 4.47. The van der Waals surface area contributed by atoms with E-state index >= 15 is 0 Å². The van der Waals surface area contributed by atoms with Crippen molar-refractivity contribution in [2.24, 2.45) is 0 Å². The molecule has 1 N–H and O–H groups in total. The Bertz CT molecular complexity index is 705. The predicted molar refractivity (Wildman–Crippen MR) is 71.8 cm³/mol. The van der Waals surface area contributed by atoms with Crippen LogP contribution in [0.4, 0.5) is 5.82 Å². The van der Waals surface area contributed by atoms with Crippen LogP contribution < -0.4 is 5.32 Å². The van der Waals surface area contributed by atoms with Gasteiger partial charge in [0.25, 0.3) is 0 Å². The molecular formula is C13H14N6. The van der Waals surface area contributed by atoms with Crippen LogP contribution in [0.25, 0.3) is 5.65 Å². The molecule has 6 nitrogen and oxygen atoms in total. The van der Waals surface area contributed by atoms with Crippen LogP contribution in [0.2, 0.25) is 0 Å². The second-order valence-corrected chi connectivity index (χ2v) is 4.47. The summed E-state index contributed by atoms with van der Waals surface area (Å²) in [7, 11) is 0. The molecule has 1 aromatic carbocycles. The molecule has 6 heteroatoms. The van der Waals surface area contributed by atoms with Gasteiger partial charge in [-0.25, -0.2) is 0 Å². The maximum Gasteiger partial charge on any atom is 0.200 e. The van der Waals surface area contributed by atoms with Crippen molar-refractivity contribution in [1.29, 1.82) is 0 Å². The summed E-state index contributed by atoms with van der Waals surface area (Å²) in [5, 5.41) is 18.8. The summed E-state index contributed by atoms with van der Waals surface area (Å²) in [5.74, 6) is 0.746. The van der Waals surface area contributed by atoms with Crippen LogP contribution in [0.3, 0.4) is 0 Å². The van der Waals surface area contributed by atoms with Gasteiger partial charge >= 0.3 is 0 Å². The van der Waals surface area contributed by atoms with Crippen LogP contribution in [0.5, 0.6) is 0 Å². The zero-order valence-electron chi connectivity index (χ0n) is 10.8. The summed E-state index contributed by atoms with van der Waals surface area (Å²) >= 11 is 0. The van der Waals surface area contributed by atoms with Crippen LogP contribution in [-0.4, -0.2) is 25.3 Å². The number of benzene rings is 1. The molecule has 2 aromatic heterocycles. The van der Waals surface area contributed by atoms with E-state index in [0.29, 0.717) is 5.65 Å². The van der Waals surface area contributed by atoms with E-state index in [1.807, 2.05) is 24.3 Å². The number of aryl methyl sites for hydroxylation is 1. The molecule has 0 saturated carbocycles. The molecule has 19 heavy (non-hydrogen) atoms. The Balaban J connectivity index is 1.86. The van der Waals surface area contributed by atoms with Gasteiger partial charge in [-0.2, -0.15) is 0 Å². The summed E-state index contributed by atoms with van der Waals surface area (Å²) in [5.41, 5.74) is 3.14. The topological polar surface area (TPSA) is 68.0 Å². The van der Waals surface area contributed by atoms with Crippen molar-refractivity contribution >= 4 is 11.5 Å². The number of hydrogen-bond donors (Lipinski definition) is 1. The van der Waals surface area contributed by atoms with Crippen LogP contribution in [0.15, 0.2) is 36.4 Å². The lowest BCUT2D eigenvalue weighted by Crippen LogP contribution is -2.10. The number of fused-ring (bicyclic) bond motifs is 1. The number of nitrogens with one attached hydrogen (secondary N) is 1. The summed E-state index contributed by atoms with van der Waals surface area (Å²) in [6, 6.07) is 12.2. The van der Waals surface area contributed by atoms with E-state index in [9.17, 15) is 0 Å². The minimum absolute atomic E-state index is 0.169. The highest BCUT2D eigenvalue weighted by atomic mass is 15.6. The zero-order chi connectivity index (χ0) is 13.2. The molecule has 0 amide bonds. The summed E-state index contributed by atoms with van der Waals surface area (Å²) < 4.78 is 1.41. The maximum absolute atomic E-state index is 4.30. The fourth-order valence-corrected chi connectivity index (χ4v) is 2.10. The third kappa shape index (κ3) is 2.24. The van der Waals surface area contributed by atoms with Crippen LogP contribution in [0.1, 0.15) is 24.1 Å². The van der Waals surface area contributed by atoms with E-state index in [1.54, 1.807) is 0 Å². The van der Waals surface area contributed by atoms with Crippen molar-refractivity contribution < 1.29 is 0 Å². The summed E-state index contributed by atoms with van der Waals surface area (Å²) in [6.45, 7) is 4.21. The quantitative estimate of drug-likeness (QED) is 0.774. The van der Waals surface area contributed by atoms with E-state index in [0.717, 1.165) is 5.82 Å². The predicted octanol–water partition coefficient (Wildman–Crippen LogP) is 2.00. The first-order valence-electron chi connectivity index (χ1n) is 6.11. The van der Waals surface area contributed by atoms with Gasteiger partial charge in [0.2, 0.25) is 0 Å². The fraction of sp³-hybridized carbons (Fsp3) is 0.231. The van der Waals surface area contributed by atoms with E-state index in [4.69, 9.17) is 0 Å². The highest BCUT2D eigenvalue weighted by Crippen LogP contribution is 2.20. The molecule has 3 aromatic rings. The lowest BCUT2D eigenvalue weighted by Gasteiger charge is -2.16. The Labute approximate surface area is 110 Å². The molecule has 0 aliphatic rings. The minimum Gasteiger partial charge on any atom is -0.362 e. The van der Waals surface area contributed by atoms with Gasteiger partial charge in [-0.05, 0) is 47.5 Å². The monoisotopic (exact) mass is 254 g/mol. The molecule has 96 valence electrons. The molecule has 3 rings (SSSR count). The average molecular weight is 254 g/mol. The first kappa shape index (κ1) is 11.6. The van der Waals surface area contributed by atoms with E-state index in [1.165, 1.54) is 15.8 Å². The first-order valence-corrected chi connectivity index (χ1v) is 6.11. The number of nitrogens with zero attached hydrogens (tertiary/aromatic N) is 5. The molecule has 0 fully saturated rings. The highest BCUT2D eigenvalue weighted by molar-refractivity contribution is 5.44. The normalized spacial score (nSPS) is 12.5. The Kier molecular flexibility index (Phi) is 2.83. The molecule has 0 saturated heterocycles. The third-order valence-electron chi connectivity index (χ3n) is 3.09. The number of anilines is 1. The van der Waals surface area contributed by atoms with E-state index in [2.05, 4.69) is 51.9 Å². The molecule has 0 aliphatic heterocycles. The number of rotatable bonds is 3. The Morgan fingerprint density at radius 3 is 2.84 bits per heavy atom. The van der Waals surface area contributed by atoms with Gasteiger partial charge in [-0.15, -0.1) is 14.8 Å². The standard InChI is InChI=1S/C13H14N6/c1-9-5-3-4-6-11(9)10(2)14-12-7-8-13-15-17-18-19(13)16-12/h3-8,10H,1-2H3,(H,14,16). The lowest BCUT2D eigenvalue weighted by atomic mass is 10.0. The molecule has 1 atom stereocenters. The van der Waals surface area contributed by atoms with Gasteiger partial charge in [-0.3, -0.25) is 0 Å². The molecule has 0 aliphatic carbocycles. The fourth-order valence-electron chi connectivity index (χ4n) is 2.10.